The third-order valence-corrected chi connectivity index (χ3v) is 5.44. The van der Waals surface area contributed by atoms with Gasteiger partial charge in [-0.3, -0.25) is 14.6 Å². The van der Waals surface area contributed by atoms with E-state index < -0.39 is 0 Å². The van der Waals surface area contributed by atoms with Crippen LogP contribution in [0, 0.1) is 5.92 Å². The van der Waals surface area contributed by atoms with Gasteiger partial charge in [-0.2, -0.15) is 0 Å². The van der Waals surface area contributed by atoms with E-state index >= 15 is 0 Å². The minimum atomic E-state index is 0.221. The van der Waals surface area contributed by atoms with Crippen molar-refractivity contribution >= 4 is 37.2 Å². The summed E-state index contributed by atoms with van der Waals surface area (Å²) < 4.78 is 0. The Balaban J connectivity index is 0.000000762. The molecule has 2 rings (SSSR count). The van der Waals surface area contributed by atoms with Crippen LogP contribution < -0.4 is 0 Å². The molecular weight excluding hydrogens is 466 g/mol. The van der Waals surface area contributed by atoms with Gasteiger partial charge in [0, 0.05) is 44.5 Å². The predicted octanol–water partition coefficient (Wildman–Crippen LogP) is 3.27. The second-order valence-electron chi connectivity index (χ2n) is 8.59. The molecule has 0 aromatic heterocycles. The van der Waals surface area contributed by atoms with Crippen molar-refractivity contribution in [1.82, 2.24) is 14.7 Å². The van der Waals surface area contributed by atoms with Crippen LogP contribution in [0.3, 0.4) is 0 Å². The molecule has 1 aromatic carbocycles. The Kier molecular flexibility index (Phi) is 14.5. The zero-order valence-corrected chi connectivity index (χ0v) is 22.0. The third kappa shape index (κ3) is 11.4. The summed E-state index contributed by atoms with van der Waals surface area (Å²) >= 11 is 5.98. The molecule has 0 aliphatic carbocycles. The lowest BCUT2D eigenvalue weighted by Gasteiger charge is -2.28. The molecule has 0 saturated heterocycles. The number of rotatable bonds is 13. The topological polar surface area (TPSA) is 88.8 Å². The number of aldehydes is 1. The molecule has 0 bridgehead atoms. The highest BCUT2D eigenvalue weighted by atomic mass is 35.5. The van der Waals surface area contributed by atoms with Crippen LogP contribution in [0.1, 0.15) is 25.3 Å². The van der Waals surface area contributed by atoms with Gasteiger partial charge < -0.3 is 19.8 Å². The van der Waals surface area contributed by atoms with Gasteiger partial charge in [-0.15, -0.1) is 0 Å². The molecule has 0 spiro atoms. The zero-order valence-electron chi connectivity index (χ0n) is 21.2. The van der Waals surface area contributed by atoms with E-state index in [-0.39, 0.29) is 5.82 Å². The van der Waals surface area contributed by atoms with Gasteiger partial charge in [-0.05, 0) is 69.4 Å². The summed E-state index contributed by atoms with van der Waals surface area (Å²) in [6.07, 6.45) is 7.00. The van der Waals surface area contributed by atoms with E-state index in [2.05, 4.69) is 34.6 Å². The highest BCUT2D eigenvalue weighted by Crippen LogP contribution is 2.20. The van der Waals surface area contributed by atoms with Gasteiger partial charge in [0.25, 0.3) is 0 Å². The van der Waals surface area contributed by atoms with E-state index in [1.165, 1.54) is 4.90 Å². The van der Waals surface area contributed by atoms with Crippen molar-refractivity contribution in [3.05, 3.63) is 58.0 Å². The molecule has 1 aromatic rings. The van der Waals surface area contributed by atoms with Gasteiger partial charge in [0.05, 0.1) is 0 Å². The SMILES string of the molecule is C=N/C(=C(/C=O)N(CCC1=CC(C)CN=C1)Cc1ccc(Cl)cc1)N(C)C=O.CN(C)CCCO. The number of carbonyl (C=O) groups excluding carboxylic acids is 2. The molecule has 8 nitrogen and oxygen atoms in total. The molecule has 0 saturated carbocycles. The number of dihydropyridines is 1. The van der Waals surface area contributed by atoms with Gasteiger partial charge in [-0.1, -0.05) is 36.7 Å². The number of carbonyl (C=O) groups is 2. The van der Waals surface area contributed by atoms with Gasteiger partial charge in [-0.25, -0.2) is 4.99 Å². The lowest BCUT2D eigenvalue weighted by atomic mass is 10.0. The van der Waals surface area contributed by atoms with Gasteiger partial charge in [0.2, 0.25) is 6.41 Å². The van der Waals surface area contributed by atoms with E-state index in [9.17, 15) is 9.59 Å². The first-order valence-electron chi connectivity index (χ1n) is 11.6. The minimum absolute atomic E-state index is 0.221. The van der Waals surface area contributed by atoms with E-state index in [1.54, 1.807) is 7.05 Å². The van der Waals surface area contributed by atoms with Crippen LogP contribution in [0.15, 0.2) is 57.4 Å². The fourth-order valence-corrected chi connectivity index (χ4v) is 3.51. The lowest BCUT2D eigenvalue weighted by Crippen LogP contribution is -2.30. The van der Waals surface area contributed by atoms with E-state index in [0.717, 1.165) is 30.6 Å². The summed E-state index contributed by atoms with van der Waals surface area (Å²) in [6, 6.07) is 7.43. The Hall–Kier alpha value is -2.81. The largest absolute Gasteiger partial charge is 0.396 e. The monoisotopic (exact) mass is 503 g/mol. The Labute approximate surface area is 214 Å². The summed E-state index contributed by atoms with van der Waals surface area (Å²) in [4.78, 5) is 36.6. The number of aliphatic hydroxyl groups excluding tert-OH is 1. The normalized spacial score (nSPS) is 15.4. The van der Waals surface area contributed by atoms with Crippen LogP contribution in [0.25, 0.3) is 0 Å². The summed E-state index contributed by atoms with van der Waals surface area (Å²) in [5.74, 6) is 0.621. The highest BCUT2D eigenvalue weighted by Gasteiger charge is 2.18. The number of amides is 1. The van der Waals surface area contributed by atoms with E-state index in [1.807, 2.05) is 49.5 Å². The summed E-state index contributed by atoms with van der Waals surface area (Å²) in [7, 11) is 5.53. The fourth-order valence-electron chi connectivity index (χ4n) is 3.38. The van der Waals surface area contributed by atoms with Crippen LogP contribution in [0.4, 0.5) is 0 Å². The van der Waals surface area contributed by atoms with Crippen molar-refractivity contribution < 1.29 is 14.7 Å². The zero-order chi connectivity index (χ0) is 26.2. The molecule has 1 N–H and O–H groups in total. The number of nitrogens with zero attached hydrogens (tertiary/aromatic N) is 5. The number of hydrogen-bond donors (Lipinski definition) is 1. The molecule has 1 aliphatic rings. The number of aliphatic imine (C=N–C) groups is 2. The highest BCUT2D eigenvalue weighted by molar-refractivity contribution is 6.30. The molecule has 9 heteroatoms. The van der Waals surface area contributed by atoms with Crippen LogP contribution >= 0.6 is 11.6 Å². The standard InChI is InChI=1S/C21H25ClN4O2.C5H13NO/c1-16-10-18(12-24-11-16)8-9-26(13-17-4-6-19(22)7-5-17)20(14-27)21(23-2)25(3)15-28;1-6(2)4-3-5-7/h4-7,10,12,14-16H,2,8-9,11,13H2,1,3H3;7H,3-5H2,1-2H3/b21-20+;. The number of halogens is 1. The van der Waals surface area contributed by atoms with E-state index in [4.69, 9.17) is 16.7 Å². The number of hydrogen-bond acceptors (Lipinski definition) is 7. The molecule has 35 heavy (non-hydrogen) atoms. The molecule has 0 radical (unpaired) electrons. The molecule has 1 unspecified atom stereocenters. The van der Waals surface area contributed by atoms with Crippen molar-refractivity contribution in [2.45, 2.75) is 26.3 Å². The van der Waals surface area contributed by atoms with Gasteiger partial charge in [0.1, 0.15) is 5.70 Å². The average molecular weight is 504 g/mol. The van der Waals surface area contributed by atoms with Crippen LogP contribution in [0.2, 0.25) is 5.02 Å². The number of aliphatic hydroxyl groups is 1. The number of allylic oxidation sites excluding steroid dienone is 1. The molecule has 1 atom stereocenters. The maximum absolute atomic E-state index is 11.9. The van der Waals surface area contributed by atoms with Crippen molar-refractivity contribution in [1.29, 1.82) is 0 Å². The third-order valence-electron chi connectivity index (χ3n) is 5.19. The summed E-state index contributed by atoms with van der Waals surface area (Å²) in [5, 5.41) is 8.93. The first-order valence-corrected chi connectivity index (χ1v) is 11.9. The second kappa shape index (κ2) is 16.8. The lowest BCUT2D eigenvalue weighted by molar-refractivity contribution is -0.115. The molecule has 1 aliphatic heterocycles. The van der Waals surface area contributed by atoms with Crippen molar-refractivity contribution in [2.24, 2.45) is 15.9 Å². The Morgan fingerprint density at radius 2 is 1.91 bits per heavy atom. The smallest absolute Gasteiger partial charge is 0.215 e. The average Bonchev–Trinajstić information content (AvgIpc) is 2.85. The molecule has 192 valence electrons. The maximum Gasteiger partial charge on any atom is 0.215 e. The molecular formula is C26H38ClN5O3. The van der Waals surface area contributed by atoms with E-state index in [0.29, 0.717) is 55.5 Å². The predicted molar refractivity (Wildman–Crippen MR) is 144 cm³/mol. The first-order chi connectivity index (χ1) is 16.7. The molecule has 0 fully saturated rings. The minimum Gasteiger partial charge on any atom is -0.396 e. The van der Waals surface area contributed by atoms with Crippen molar-refractivity contribution in [3.63, 3.8) is 0 Å². The maximum atomic E-state index is 11.9. The van der Waals surface area contributed by atoms with Crippen molar-refractivity contribution in [3.8, 4) is 0 Å². The fraction of sp³-hybridized carbons (Fsp3) is 0.462. The molecule has 1 amide bonds. The Morgan fingerprint density at radius 3 is 2.40 bits per heavy atom. The van der Waals surface area contributed by atoms with Crippen molar-refractivity contribution in [2.75, 3.05) is 47.4 Å². The van der Waals surface area contributed by atoms with Gasteiger partial charge >= 0.3 is 0 Å². The Bertz CT molecular complexity index is 897. The second-order valence-corrected chi connectivity index (χ2v) is 9.03. The van der Waals surface area contributed by atoms with Gasteiger partial charge in [0.15, 0.2) is 12.1 Å². The van der Waals surface area contributed by atoms with Crippen LogP contribution in [-0.4, -0.2) is 92.8 Å². The quantitative estimate of drug-likeness (QED) is 0.253. The molecule has 1 heterocycles. The number of benzene rings is 1. The first kappa shape index (κ1) is 30.2. The Morgan fingerprint density at radius 1 is 1.23 bits per heavy atom. The van der Waals surface area contributed by atoms with Crippen LogP contribution in [0.5, 0.6) is 0 Å². The summed E-state index contributed by atoms with van der Waals surface area (Å²) in [5.41, 5.74) is 2.42. The summed E-state index contributed by atoms with van der Waals surface area (Å²) in [6.45, 7) is 8.75. The van der Waals surface area contributed by atoms with Crippen LogP contribution in [-0.2, 0) is 16.1 Å².